The molecule has 0 unspecified atom stereocenters. The van der Waals surface area contributed by atoms with Gasteiger partial charge < -0.3 is 10.6 Å². The first-order chi connectivity index (χ1) is 9.81. The number of nitrogens with two attached hydrogens (primary N) is 1. The minimum absolute atomic E-state index is 0.0247. The second kappa shape index (κ2) is 6.12. The second-order valence-corrected chi connectivity index (χ2v) is 7.27. The number of aromatic nitrogens is 1. The van der Waals surface area contributed by atoms with Crippen molar-refractivity contribution in [3.8, 4) is 0 Å². The highest BCUT2D eigenvalue weighted by Crippen LogP contribution is 2.33. The van der Waals surface area contributed by atoms with Crippen LogP contribution < -0.4 is 10.6 Å². The molecule has 2 N–H and O–H groups in total. The van der Waals surface area contributed by atoms with E-state index in [1.54, 1.807) is 23.5 Å². The molecule has 0 bridgehead atoms. The zero-order valence-corrected chi connectivity index (χ0v) is 13.8. The lowest BCUT2D eigenvalue weighted by Gasteiger charge is -2.18. The van der Waals surface area contributed by atoms with Crippen LogP contribution in [0.4, 0.5) is 9.52 Å². The van der Waals surface area contributed by atoms with Gasteiger partial charge in [0.2, 0.25) is 0 Å². The number of thiazole rings is 1. The van der Waals surface area contributed by atoms with Gasteiger partial charge in [0.05, 0.1) is 5.69 Å². The SMILES string of the molecule is CN(Cc1cccc(F)c1)c1nc(C(C)(C)C)c(CN)s1. The van der Waals surface area contributed by atoms with Gasteiger partial charge in [0.25, 0.3) is 0 Å². The molecule has 1 aromatic heterocycles. The lowest BCUT2D eigenvalue weighted by molar-refractivity contribution is 0.566. The molecule has 1 heterocycles. The molecule has 0 aliphatic rings. The zero-order chi connectivity index (χ0) is 15.6. The van der Waals surface area contributed by atoms with Crippen LogP contribution in [0.1, 0.15) is 36.9 Å². The van der Waals surface area contributed by atoms with E-state index in [0.29, 0.717) is 13.1 Å². The van der Waals surface area contributed by atoms with Gasteiger partial charge in [0.15, 0.2) is 5.13 Å². The Hall–Kier alpha value is -1.46. The summed E-state index contributed by atoms with van der Waals surface area (Å²) in [6, 6.07) is 6.66. The summed E-state index contributed by atoms with van der Waals surface area (Å²) in [7, 11) is 1.97. The summed E-state index contributed by atoms with van der Waals surface area (Å²) in [6.07, 6.45) is 0. The summed E-state index contributed by atoms with van der Waals surface area (Å²) < 4.78 is 13.3. The van der Waals surface area contributed by atoms with E-state index in [2.05, 4.69) is 20.8 Å². The van der Waals surface area contributed by atoms with E-state index in [9.17, 15) is 4.39 Å². The predicted octanol–water partition coefficient (Wildman–Crippen LogP) is 3.67. The van der Waals surface area contributed by atoms with Gasteiger partial charge in [-0.25, -0.2) is 9.37 Å². The van der Waals surface area contributed by atoms with E-state index in [-0.39, 0.29) is 11.2 Å². The highest BCUT2D eigenvalue weighted by atomic mass is 32.1. The Morgan fingerprint density at radius 2 is 2.05 bits per heavy atom. The molecule has 0 aliphatic carbocycles. The average Bonchev–Trinajstić information content (AvgIpc) is 2.82. The molecule has 2 rings (SSSR count). The summed E-state index contributed by atoms with van der Waals surface area (Å²) in [4.78, 5) is 7.89. The smallest absolute Gasteiger partial charge is 0.185 e. The first-order valence-electron chi connectivity index (χ1n) is 6.97. The van der Waals surface area contributed by atoms with Gasteiger partial charge >= 0.3 is 0 Å². The fourth-order valence-corrected chi connectivity index (χ4v) is 3.31. The van der Waals surface area contributed by atoms with Gasteiger partial charge in [-0.1, -0.05) is 32.9 Å². The Labute approximate surface area is 129 Å². The molecule has 0 aliphatic heterocycles. The molecule has 3 nitrogen and oxygen atoms in total. The number of benzene rings is 1. The van der Waals surface area contributed by atoms with Crippen molar-refractivity contribution in [3.63, 3.8) is 0 Å². The number of nitrogens with zero attached hydrogens (tertiary/aromatic N) is 2. The maximum absolute atomic E-state index is 13.3. The standard InChI is InChI=1S/C16H22FN3S/c1-16(2,3)14-13(9-18)21-15(19-14)20(4)10-11-6-5-7-12(17)8-11/h5-8H,9-10,18H2,1-4H3. The molecule has 21 heavy (non-hydrogen) atoms. The molecule has 0 spiro atoms. The molecule has 0 saturated carbocycles. The predicted molar refractivity (Wildman–Crippen MR) is 87.2 cm³/mol. The van der Waals surface area contributed by atoms with Crippen LogP contribution in [0.15, 0.2) is 24.3 Å². The van der Waals surface area contributed by atoms with Crippen LogP contribution in [-0.2, 0) is 18.5 Å². The lowest BCUT2D eigenvalue weighted by Crippen LogP contribution is -2.18. The van der Waals surface area contributed by atoms with Crippen molar-refractivity contribution >= 4 is 16.5 Å². The van der Waals surface area contributed by atoms with Crippen LogP contribution >= 0.6 is 11.3 Å². The number of halogens is 1. The van der Waals surface area contributed by atoms with Crippen molar-refractivity contribution in [1.82, 2.24) is 4.98 Å². The average molecular weight is 307 g/mol. The van der Waals surface area contributed by atoms with Gasteiger partial charge in [0, 0.05) is 30.4 Å². The molecule has 0 radical (unpaired) electrons. The third kappa shape index (κ3) is 3.80. The zero-order valence-electron chi connectivity index (χ0n) is 13.0. The molecule has 114 valence electrons. The molecule has 0 fully saturated rings. The van der Waals surface area contributed by atoms with Crippen LogP contribution in [0.5, 0.6) is 0 Å². The minimum atomic E-state index is -0.210. The molecule has 0 saturated heterocycles. The van der Waals surface area contributed by atoms with E-state index in [1.807, 2.05) is 18.0 Å². The van der Waals surface area contributed by atoms with Crippen LogP contribution in [0, 0.1) is 5.82 Å². The Kier molecular flexibility index (Phi) is 4.64. The summed E-state index contributed by atoms with van der Waals surface area (Å²) in [5, 5.41) is 0.921. The van der Waals surface area contributed by atoms with Gasteiger partial charge in [-0.3, -0.25) is 0 Å². The van der Waals surface area contributed by atoms with E-state index in [4.69, 9.17) is 10.7 Å². The van der Waals surface area contributed by atoms with Crippen molar-refractivity contribution in [2.45, 2.75) is 39.3 Å². The van der Waals surface area contributed by atoms with E-state index in [1.165, 1.54) is 6.07 Å². The largest absolute Gasteiger partial charge is 0.347 e. The molecule has 2 aromatic rings. The fourth-order valence-electron chi connectivity index (χ4n) is 2.20. The maximum atomic E-state index is 13.3. The minimum Gasteiger partial charge on any atom is -0.347 e. The van der Waals surface area contributed by atoms with Crippen LogP contribution in [0.2, 0.25) is 0 Å². The second-order valence-electron chi connectivity index (χ2n) is 6.21. The number of rotatable bonds is 4. The van der Waals surface area contributed by atoms with Crippen LogP contribution in [0.3, 0.4) is 0 Å². The number of hydrogen-bond donors (Lipinski definition) is 1. The Bertz CT molecular complexity index is 616. The lowest BCUT2D eigenvalue weighted by atomic mass is 9.91. The van der Waals surface area contributed by atoms with Gasteiger partial charge in [0.1, 0.15) is 5.82 Å². The summed E-state index contributed by atoms with van der Waals surface area (Å²) in [5.74, 6) is -0.210. The first kappa shape index (κ1) is 15.9. The quantitative estimate of drug-likeness (QED) is 0.937. The van der Waals surface area contributed by atoms with Crippen molar-refractivity contribution in [3.05, 3.63) is 46.2 Å². The van der Waals surface area contributed by atoms with Crippen LogP contribution in [0.25, 0.3) is 0 Å². The van der Waals surface area contributed by atoms with Crippen molar-refractivity contribution in [1.29, 1.82) is 0 Å². The highest BCUT2D eigenvalue weighted by Gasteiger charge is 2.23. The van der Waals surface area contributed by atoms with E-state index < -0.39 is 0 Å². The maximum Gasteiger partial charge on any atom is 0.185 e. The molecule has 0 atom stereocenters. The normalized spacial score (nSPS) is 11.7. The number of hydrogen-bond acceptors (Lipinski definition) is 4. The third-order valence-electron chi connectivity index (χ3n) is 3.22. The van der Waals surface area contributed by atoms with Crippen molar-refractivity contribution in [2.75, 3.05) is 11.9 Å². The molecule has 0 amide bonds. The van der Waals surface area contributed by atoms with E-state index >= 15 is 0 Å². The topological polar surface area (TPSA) is 42.2 Å². The molecule has 5 heteroatoms. The molecule has 1 aromatic carbocycles. The highest BCUT2D eigenvalue weighted by molar-refractivity contribution is 7.15. The van der Waals surface area contributed by atoms with Gasteiger partial charge in [-0.05, 0) is 17.7 Å². The Balaban J connectivity index is 2.23. The molecular weight excluding hydrogens is 285 g/mol. The monoisotopic (exact) mass is 307 g/mol. The Morgan fingerprint density at radius 1 is 1.33 bits per heavy atom. The summed E-state index contributed by atoms with van der Waals surface area (Å²) >= 11 is 1.61. The molecular formula is C16H22FN3S. The summed E-state index contributed by atoms with van der Waals surface area (Å²) in [5.41, 5.74) is 7.79. The Morgan fingerprint density at radius 3 is 2.57 bits per heavy atom. The van der Waals surface area contributed by atoms with Crippen molar-refractivity contribution < 1.29 is 4.39 Å². The summed E-state index contributed by atoms with van der Waals surface area (Å²) in [6.45, 7) is 7.53. The van der Waals surface area contributed by atoms with Gasteiger partial charge in [-0.2, -0.15) is 0 Å². The number of anilines is 1. The third-order valence-corrected chi connectivity index (χ3v) is 4.41. The van der Waals surface area contributed by atoms with Crippen molar-refractivity contribution in [2.24, 2.45) is 5.73 Å². The van der Waals surface area contributed by atoms with Crippen LogP contribution in [-0.4, -0.2) is 12.0 Å². The van der Waals surface area contributed by atoms with Gasteiger partial charge in [-0.15, -0.1) is 11.3 Å². The first-order valence-corrected chi connectivity index (χ1v) is 7.78. The fraction of sp³-hybridized carbons (Fsp3) is 0.438. The van der Waals surface area contributed by atoms with E-state index in [0.717, 1.165) is 21.3 Å².